The maximum atomic E-state index is 12.8. The lowest BCUT2D eigenvalue weighted by Gasteiger charge is -2.14. The number of hydrazine groups is 1. The highest BCUT2D eigenvalue weighted by molar-refractivity contribution is 6.31. The fraction of sp³-hybridized carbons (Fsp3) is 0.185. The number of benzene rings is 3. The summed E-state index contributed by atoms with van der Waals surface area (Å²) in [6, 6.07) is 21.4. The van der Waals surface area contributed by atoms with Crippen LogP contribution in [0.5, 0.6) is 17.2 Å². The number of rotatable bonds is 10. The molecule has 0 saturated carbocycles. The quantitative estimate of drug-likeness (QED) is 0.243. The third-order valence-electron chi connectivity index (χ3n) is 5.11. The lowest BCUT2D eigenvalue weighted by atomic mass is 10.1. The number of para-hydroxylation sites is 1. The number of hydrogen-bond acceptors (Lipinski definition) is 5. The molecule has 0 bridgehead atoms. The van der Waals surface area contributed by atoms with Crippen LogP contribution in [0.1, 0.15) is 18.9 Å². The third kappa shape index (κ3) is 6.13. The third-order valence-corrected chi connectivity index (χ3v) is 5.37. The fourth-order valence-corrected chi connectivity index (χ4v) is 3.57. The van der Waals surface area contributed by atoms with Gasteiger partial charge in [0.05, 0.1) is 25.5 Å². The number of nitrogens with zero attached hydrogens (tertiary/aromatic N) is 1. The van der Waals surface area contributed by atoms with E-state index in [-0.39, 0.29) is 5.57 Å². The fourth-order valence-electron chi connectivity index (χ4n) is 3.45. The largest absolute Gasteiger partial charge is 0.493 e. The van der Waals surface area contributed by atoms with Crippen LogP contribution in [0.4, 0.5) is 5.69 Å². The van der Waals surface area contributed by atoms with Crippen LogP contribution in [0, 0.1) is 0 Å². The lowest BCUT2D eigenvalue weighted by molar-refractivity contribution is -0.117. The molecule has 1 fully saturated rings. The second-order valence-corrected chi connectivity index (χ2v) is 8.06. The second-order valence-electron chi connectivity index (χ2n) is 7.62. The van der Waals surface area contributed by atoms with Crippen molar-refractivity contribution < 1.29 is 23.8 Å². The van der Waals surface area contributed by atoms with Crippen LogP contribution >= 0.6 is 11.6 Å². The zero-order valence-corrected chi connectivity index (χ0v) is 20.0. The van der Waals surface area contributed by atoms with E-state index in [4.69, 9.17) is 25.8 Å². The molecule has 4 rings (SSSR count). The number of amides is 2. The Morgan fingerprint density at radius 2 is 1.63 bits per heavy atom. The van der Waals surface area contributed by atoms with Gasteiger partial charge >= 0.3 is 0 Å². The molecule has 0 radical (unpaired) electrons. The molecule has 0 spiro atoms. The van der Waals surface area contributed by atoms with Gasteiger partial charge < -0.3 is 14.2 Å². The summed E-state index contributed by atoms with van der Waals surface area (Å²) in [5.41, 5.74) is 3.89. The van der Waals surface area contributed by atoms with Crippen LogP contribution in [0.15, 0.2) is 78.4 Å². The maximum absolute atomic E-state index is 12.8. The van der Waals surface area contributed by atoms with Gasteiger partial charge in [-0.2, -0.15) is 0 Å². The molecule has 1 heterocycles. The normalized spacial score (nSPS) is 14.2. The summed E-state index contributed by atoms with van der Waals surface area (Å²) in [7, 11) is 0. The predicted octanol–water partition coefficient (Wildman–Crippen LogP) is 5.05. The number of nitrogens with one attached hydrogen (secondary N) is 1. The van der Waals surface area contributed by atoms with E-state index in [1.165, 1.54) is 5.01 Å². The molecule has 1 aliphatic heterocycles. The van der Waals surface area contributed by atoms with E-state index in [0.717, 1.165) is 5.75 Å². The molecular weight excluding hydrogens is 468 g/mol. The van der Waals surface area contributed by atoms with Gasteiger partial charge in [-0.3, -0.25) is 15.0 Å². The highest BCUT2D eigenvalue weighted by Crippen LogP contribution is 2.30. The van der Waals surface area contributed by atoms with Gasteiger partial charge in [-0.15, -0.1) is 0 Å². The van der Waals surface area contributed by atoms with E-state index in [2.05, 4.69) is 5.43 Å². The van der Waals surface area contributed by atoms with E-state index in [1.54, 1.807) is 60.7 Å². The van der Waals surface area contributed by atoms with Crippen molar-refractivity contribution in [3.05, 3.63) is 89.0 Å². The van der Waals surface area contributed by atoms with Crippen molar-refractivity contribution in [2.45, 2.75) is 13.3 Å². The van der Waals surface area contributed by atoms with Gasteiger partial charge in [-0.25, -0.2) is 5.01 Å². The molecule has 0 atom stereocenters. The topological polar surface area (TPSA) is 77.1 Å². The van der Waals surface area contributed by atoms with Gasteiger partial charge in [0.2, 0.25) is 0 Å². The van der Waals surface area contributed by atoms with Crippen molar-refractivity contribution >= 4 is 35.2 Å². The first-order valence-corrected chi connectivity index (χ1v) is 11.6. The Hall–Kier alpha value is -3.97. The van der Waals surface area contributed by atoms with Crippen molar-refractivity contribution in [1.29, 1.82) is 0 Å². The van der Waals surface area contributed by atoms with Gasteiger partial charge in [0.15, 0.2) is 11.5 Å². The van der Waals surface area contributed by atoms with Crippen LogP contribution in [-0.2, 0) is 9.59 Å². The lowest BCUT2D eigenvalue weighted by Crippen LogP contribution is -2.35. The predicted molar refractivity (Wildman–Crippen MR) is 135 cm³/mol. The average molecular weight is 493 g/mol. The van der Waals surface area contributed by atoms with Crippen LogP contribution in [-0.4, -0.2) is 31.6 Å². The number of hydrogen-bond donors (Lipinski definition) is 1. The molecule has 1 saturated heterocycles. The van der Waals surface area contributed by atoms with Crippen molar-refractivity contribution in [2.75, 3.05) is 24.8 Å². The highest BCUT2D eigenvalue weighted by atomic mass is 35.5. The molecule has 3 aromatic rings. The van der Waals surface area contributed by atoms with Crippen molar-refractivity contribution in [3.63, 3.8) is 0 Å². The van der Waals surface area contributed by atoms with E-state index < -0.39 is 11.8 Å². The smallest absolute Gasteiger partial charge is 0.282 e. The molecule has 1 aliphatic rings. The maximum Gasteiger partial charge on any atom is 0.282 e. The SMILES string of the molecule is CCOc1cc(/C=C2\C(=O)NN(c3ccccc3)C2=O)ccc1OCCCOc1ccc(Cl)cc1. The van der Waals surface area contributed by atoms with Crippen molar-refractivity contribution in [2.24, 2.45) is 0 Å². The molecule has 2 amide bonds. The van der Waals surface area contributed by atoms with Crippen molar-refractivity contribution in [1.82, 2.24) is 5.43 Å². The summed E-state index contributed by atoms with van der Waals surface area (Å²) < 4.78 is 17.3. The molecule has 35 heavy (non-hydrogen) atoms. The summed E-state index contributed by atoms with van der Waals surface area (Å²) in [4.78, 5) is 25.3. The molecule has 7 nitrogen and oxygen atoms in total. The first-order valence-electron chi connectivity index (χ1n) is 11.3. The van der Waals surface area contributed by atoms with Crippen LogP contribution in [0.3, 0.4) is 0 Å². The molecule has 180 valence electrons. The summed E-state index contributed by atoms with van der Waals surface area (Å²) in [5.74, 6) is 0.982. The summed E-state index contributed by atoms with van der Waals surface area (Å²) in [6.07, 6.45) is 2.22. The number of carbonyl (C=O) groups excluding carboxylic acids is 2. The Balaban J connectivity index is 1.39. The molecule has 0 aromatic heterocycles. The van der Waals surface area contributed by atoms with E-state index in [0.29, 0.717) is 54.0 Å². The minimum absolute atomic E-state index is 0.0457. The zero-order valence-electron chi connectivity index (χ0n) is 19.2. The molecule has 3 aromatic carbocycles. The van der Waals surface area contributed by atoms with Gasteiger partial charge in [0.1, 0.15) is 11.3 Å². The Morgan fingerprint density at radius 1 is 0.886 bits per heavy atom. The number of carbonyl (C=O) groups is 2. The summed E-state index contributed by atoms with van der Waals surface area (Å²) in [6.45, 7) is 3.24. The molecular formula is C27H25ClN2O5. The van der Waals surface area contributed by atoms with Gasteiger partial charge in [0, 0.05) is 11.4 Å². The molecule has 0 aliphatic carbocycles. The van der Waals surface area contributed by atoms with E-state index >= 15 is 0 Å². The zero-order chi connectivity index (χ0) is 24.6. The number of ether oxygens (including phenoxy) is 3. The van der Waals surface area contributed by atoms with Crippen LogP contribution < -0.4 is 24.6 Å². The minimum Gasteiger partial charge on any atom is -0.493 e. The van der Waals surface area contributed by atoms with Gasteiger partial charge in [-0.05, 0) is 67.1 Å². The van der Waals surface area contributed by atoms with Gasteiger partial charge in [-0.1, -0.05) is 35.9 Å². The van der Waals surface area contributed by atoms with E-state index in [1.807, 2.05) is 25.1 Å². The van der Waals surface area contributed by atoms with Crippen molar-refractivity contribution in [3.8, 4) is 17.2 Å². The first kappa shape index (κ1) is 24.2. The Bertz CT molecular complexity index is 1210. The van der Waals surface area contributed by atoms with Crippen LogP contribution in [0.25, 0.3) is 6.08 Å². The Labute approximate surface area is 208 Å². The monoisotopic (exact) mass is 492 g/mol. The summed E-state index contributed by atoms with van der Waals surface area (Å²) >= 11 is 5.88. The first-order chi connectivity index (χ1) is 17.0. The van der Waals surface area contributed by atoms with Gasteiger partial charge in [0.25, 0.3) is 11.8 Å². The molecule has 0 unspecified atom stereocenters. The van der Waals surface area contributed by atoms with Crippen LogP contribution in [0.2, 0.25) is 5.02 Å². The standard InChI is InChI=1S/C27H25ClN2O5/c1-2-33-25-18-19(17-23-26(31)29-30(27(23)32)21-7-4-3-5-8-21)9-14-24(25)35-16-6-15-34-22-12-10-20(28)11-13-22/h3-5,7-14,17-18H,2,6,15-16H2,1H3,(H,29,31)/b23-17+. The summed E-state index contributed by atoms with van der Waals surface area (Å²) in [5, 5.41) is 1.90. The Morgan fingerprint density at radius 3 is 2.37 bits per heavy atom. The minimum atomic E-state index is -0.460. The number of anilines is 1. The molecule has 1 N–H and O–H groups in total. The number of halogens is 1. The second kappa shape index (κ2) is 11.4. The molecule has 8 heteroatoms. The van der Waals surface area contributed by atoms with E-state index in [9.17, 15) is 9.59 Å². The highest BCUT2D eigenvalue weighted by Gasteiger charge is 2.34. The average Bonchev–Trinajstić information content (AvgIpc) is 3.15. The Kier molecular flexibility index (Phi) is 7.90.